The molecular formula is C9H7F2N3O. The van der Waals surface area contributed by atoms with Crippen LogP contribution in [-0.2, 0) is 6.42 Å². The van der Waals surface area contributed by atoms with Gasteiger partial charge in [-0.1, -0.05) is 11.2 Å². The Hall–Kier alpha value is -1.98. The van der Waals surface area contributed by atoms with Crippen molar-refractivity contribution < 1.29 is 13.2 Å². The second kappa shape index (κ2) is 3.64. The number of aromatic nitrogens is 2. The molecule has 0 aliphatic carbocycles. The van der Waals surface area contributed by atoms with Crippen molar-refractivity contribution >= 4 is 6.01 Å². The van der Waals surface area contributed by atoms with Gasteiger partial charge in [0.05, 0.1) is 6.42 Å². The van der Waals surface area contributed by atoms with Crippen LogP contribution in [0.15, 0.2) is 22.6 Å². The Balaban J connectivity index is 2.31. The average molecular weight is 211 g/mol. The standard InChI is InChI=1S/C9H7F2N3O/c10-6-2-1-3-7(11)5(6)4-8-13-14-9(12)15-8/h1-3H,4H2,(H2,12,14). The fourth-order valence-electron chi connectivity index (χ4n) is 1.19. The summed E-state index contributed by atoms with van der Waals surface area (Å²) in [6.07, 6.45) is -0.108. The van der Waals surface area contributed by atoms with Crippen molar-refractivity contribution in [2.45, 2.75) is 6.42 Å². The molecular weight excluding hydrogens is 204 g/mol. The first-order valence-corrected chi connectivity index (χ1v) is 4.17. The average Bonchev–Trinajstić information content (AvgIpc) is 2.58. The highest BCUT2D eigenvalue weighted by atomic mass is 19.1. The van der Waals surface area contributed by atoms with Gasteiger partial charge in [0.15, 0.2) is 0 Å². The lowest BCUT2D eigenvalue weighted by Gasteiger charge is -2.00. The van der Waals surface area contributed by atoms with Crippen molar-refractivity contribution in [2.24, 2.45) is 0 Å². The molecule has 0 unspecified atom stereocenters. The van der Waals surface area contributed by atoms with Crippen LogP contribution in [0, 0.1) is 11.6 Å². The normalized spacial score (nSPS) is 10.5. The molecule has 78 valence electrons. The highest BCUT2D eigenvalue weighted by Crippen LogP contribution is 2.16. The van der Waals surface area contributed by atoms with Crippen LogP contribution in [-0.4, -0.2) is 10.2 Å². The fourth-order valence-corrected chi connectivity index (χ4v) is 1.19. The van der Waals surface area contributed by atoms with Crippen LogP contribution in [0.3, 0.4) is 0 Å². The molecule has 2 N–H and O–H groups in total. The number of anilines is 1. The zero-order chi connectivity index (χ0) is 10.8. The zero-order valence-corrected chi connectivity index (χ0v) is 7.58. The molecule has 4 nitrogen and oxygen atoms in total. The molecule has 0 aliphatic heterocycles. The van der Waals surface area contributed by atoms with E-state index < -0.39 is 11.6 Å². The van der Waals surface area contributed by atoms with Gasteiger partial charge >= 0.3 is 6.01 Å². The van der Waals surface area contributed by atoms with Crippen molar-refractivity contribution in [3.05, 3.63) is 41.3 Å². The summed E-state index contributed by atoms with van der Waals surface area (Å²) < 4.78 is 31.2. The smallest absolute Gasteiger partial charge is 0.312 e. The van der Waals surface area contributed by atoms with Crippen molar-refractivity contribution in [1.82, 2.24) is 10.2 Å². The molecule has 0 spiro atoms. The quantitative estimate of drug-likeness (QED) is 0.817. The lowest BCUT2D eigenvalue weighted by molar-refractivity contribution is 0.502. The van der Waals surface area contributed by atoms with E-state index >= 15 is 0 Å². The number of nitrogen functional groups attached to an aromatic ring is 1. The molecule has 2 aromatic rings. The fraction of sp³-hybridized carbons (Fsp3) is 0.111. The molecule has 0 fully saturated rings. The molecule has 0 saturated heterocycles. The zero-order valence-electron chi connectivity index (χ0n) is 7.58. The van der Waals surface area contributed by atoms with Crippen molar-refractivity contribution in [3.63, 3.8) is 0 Å². The van der Waals surface area contributed by atoms with Crippen molar-refractivity contribution in [1.29, 1.82) is 0 Å². The number of halogens is 2. The summed E-state index contributed by atoms with van der Waals surface area (Å²) in [5.41, 5.74) is 5.07. The minimum atomic E-state index is -0.647. The predicted molar refractivity (Wildman–Crippen MR) is 47.9 cm³/mol. The van der Waals surface area contributed by atoms with Gasteiger partial charge in [-0.2, -0.15) is 0 Å². The number of rotatable bonds is 2. The highest BCUT2D eigenvalue weighted by molar-refractivity contribution is 5.22. The lowest BCUT2D eigenvalue weighted by Crippen LogP contribution is -1.97. The molecule has 0 saturated carbocycles. The molecule has 0 radical (unpaired) electrons. The number of nitrogens with two attached hydrogens (primary N) is 1. The van der Waals surface area contributed by atoms with Crippen LogP contribution < -0.4 is 5.73 Å². The van der Waals surface area contributed by atoms with Gasteiger partial charge in [0, 0.05) is 5.56 Å². The Morgan fingerprint density at radius 2 is 1.87 bits per heavy atom. The van der Waals surface area contributed by atoms with E-state index in [0.29, 0.717) is 0 Å². The number of benzene rings is 1. The van der Waals surface area contributed by atoms with E-state index in [1.165, 1.54) is 6.07 Å². The first kappa shape index (κ1) is 9.57. The van der Waals surface area contributed by atoms with E-state index in [-0.39, 0.29) is 23.9 Å². The van der Waals surface area contributed by atoms with E-state index in [9.17, 15) is 8.78 Å². The van der Waals surface area contributed by atoms with Crippen LogP contribution in [0.1, 0.15) is 11.5 Å². The molecule has 0 atom stereocenters. The second-order valence-corrected chi connectivity index (χ2v) is 2.91. The second-order valence-electron chi connectivity index (χ2n) is 2.91. The van der Waals surface area contributed by atoms with Crippen molar-refractivity contribution in [2.75, 3.05) is 5.73 Å². The summed E-state index contributed by atoms with van der Waals surface area (Å²) in [5, 5.41) is 6.91. The Labute approximate surface area is 83.7 Å². The third-order valence-corrected chi connectivity index (χ3v) is 1.87. The Bertz CT molecular complexity index is 464. The Morgan fingerprint density at radius 1 is 1.20 bits per heavy atom. The van der Waals surface area contributed by atoms with Gasteiger partial charge in [0.25, 0.3) is 0 Å². The van der Waals surface area contributed by atoms with Crippen LogP contribution in [0.5, 0.6) is 0 Å². The third-order valence-electron chi connectivity index (χ3n) is 1.87. The van der Waals surface area contributed by atoms with Crippen LogP contribution in [0.2, 0.25) is 0 Å². The molecule has 0 bridgehead atoms. The third kappa shape index (κ3) is 1.93. The van der Waals surface area contributed by atoms with E-state index in [1.54, 1.807) is 0 Å². The summed E-state index contributed by atoms with van der Waals surface area (Å²) in [6, 6.07) is 3.49. The topological polar surface area (TPSA) is 64.9 Å². The first-order chi connectivity index (χ1) is 7.16. The maximum absolute atomic E-state index is 13.2. The Morgan fingerprint density at radius 3 is 2.40 bits per heavy atom. The summed E-state index contributed by atoms with van der Waals surface area (Å²) in [4.78, 5) is 0. The molecule has 15 heavy (non-hydrogen) atoms. The molecule has 0 amide bonds. The monoisotopic (exact) mass is 211 g/mol. The summed E-state index contributed by atoms with van der Waals surface area (Å²) in [5.74, 6) is -1.21. The molecule has 2 rings (SSSR count). The van der Waals surface area contributed by atoms with Gasteiger partial charge in [0.2, 0.25) is 5.89 Å². The van der Waals surface area contributed by atoms with E-state index in [0.717, 1.165) is 12.1 Å². The van der Waals surface area contributed by atoms with Crippen molar-refractivity contribution in [3.8, 4) is 0 Å². The van der Waals surface area contributed by atoms with Crippen LogP contribution in [0.4, 0.5) is 14.8 Å². The van der Waals surface area contributed by atoms with Gasteiger partial charge in [0.1, 0.15) is 11.6 Å². The molecule has 0 aliphatic rings. The Kier molecular flexibility index (Phi) is 2.32. The van der Waals surface area contributed by atoms with Crippen LogP contribution >= 0.6 is 0 Å². The van der Waals surface area contributed by atoms with Gasteiger partial charge < -0.3 is 10.2 Å². The van der Waals surface area contributed by atoms with Gasteiger partial charge in [-0.15, -0.1) is 5.10 Å². The minimum Gasteiger partial charge on any atom is -0.408 e. The number of nitrogens with zero attached hydrogens (tertiary/aromatic N) is 2. The van der Waals surface area contributed by atoms with Gasteiger partial charge in [-0.05, 0) is 12.1 Å². The first-order valence-electron chi connectivity index (χ1n) is 4.17. The van der Waals surface area contributed by atoms with Gasteiger partial charge in [-0.25, -0.2) is 8.78 Å². The van der Waals surface area contributed by atoms with E-state index in [2.05, 4.69) is 10.2 Å². The summed E-state index contributed by atoms with van der Waals surface area (Å²) >= 11 is 0. The lowest BCUT2D eigenvalue weighted by atomic mass is 10.1. The maximum atomic E-state index is 13.2. The number of hydrogen-bond acceptors (Lipinski definition) is 4. The minimum absolute atomic E-state index is 0.0801. The van der Waals surface area contributed by atoms with E-state index in [1.807, 2.05) is 0 Å². The summed E-state index contributed by atoms with van der Waals surface area (Å²) in [7, 11) is 0. The van der Waals surface area contributed by atoms with Crippen LogP contribution in [0.25, 0.3) is 0 Å². The number of hydrogen-bond donors (Lipinski definition) is 1. The maximum Gasteiger partial charge on any atom is 0.312 e. The largest absolute Gasteiger partial charge is 0.408 e. The molecule has 1 aromatic heterocycles. The SMILES string of the molecule is Nc1nnc(Cc2c(F)cccc2F)o1. The molecule has 6 heteroatoms. The molecule has 1 heterocycles. The van der Waals surface area contributed by atoms with Gasteiger partial charge in [-0.3, -0.25) is 0 Å². The highest BCUT2D eigenvalue weighted by Gasteiger charge is 2.12. The van der Waals surface area contributed by atoms with E-state index in [4.69, 9.17) is 10.2 Å². The predicted octanol–water partition coefficient (Wildman–Crippen LogP) is 1.52. The summed E-state index contributed by atoms with van der Waals surface area (Å²) in [6.45, 7) is 0. The molecule has 1 aromatic carbocycles.